The molecule has 0 aromatic rings. The quantitative estimate of drug-likeness (QED) is 0.557. The summed E-state index contributed by atoms with van der Waals surface area (Å²) >= 11 is 1.93. The molecule has 0 heterocycles. The van der Waals surface area contributed by atoms with Crippen LogP contribution in [0.4, 0.5) is 0 Å². The van der Waals surface area contributed by atoms with Crippen LogP contribution < -0.4 is 5.32 Å². The normalized spacial score (nSPS) is 19.2. The average Bonchev–Trinajstić information content (AvgIpc) is 3.09. The van der Waals surface area contributed by atoms with E-state index in [-0.39, 0.29) is 6.10 Å². The molecule has 0 radical (unpaired) electrons. The predicted octanol–water partition coefficient (Wildman–Crippen LogP) is 1.27. The molecule has 1 atom stereocenters. The molecule has 0 aliphatic heterocycles. The van der Waals surface area contributed by atoms with Gasteiger partial charge in [-0.15, -0.1) is 0 Å². The number of aliphatic hydroxyl groups excluding tert-OH is 1. The van der Waals surface area contributed by atoms with Gasteiger partial charge >= 0.3 is 0 Å². The Morgan fingerprint density at radius 3 is 2.61 bits per heavy atom. The maximum Gasteiger partial charge on any atom is 0.0897 e. The minimum absolute atomic E-state index is 0.237. The van der Waals surface area contributed by atoms with Crippen LogP contribution in [-0.4, -0.2) is 61.2 Å². The fourth-order valence-corrected chi connectivity index (χ4v) is 2.44. The van der Waals surface area contributed by atoms with Gasteiger partial charge in [0.15, 0.2) is 0 Å². The summed E-state index contributed by atoms with van der Waals surface area (Å²) in [5.41, 5.74) is 0. The second-order valence-corrected chi connectivity index (χ2v) is 6.44. The van der Waals surface area contributed by atoms with Crippen molar-refractivity contribution in [1.82, 2.24) is 5.32 Å². The predicted molar refractivity (Wildman–Crippen MR) is 76.3 cm³/mol. The molecule has 0 amide bonds. The lowest BCUT2D eigenvalue weighted by Gasteiger charge is -2.16. The number of nitrogens with one attached hydrogen (secondary N) is 1. The van der Waals surface area contributed by atoms with E-state index in [9.17, 15) is 5.11 Å². The Labute approximate surface area is 115 Å². The highest BCUT2D eigenvalue weighted by molar-refractivity contribution is 8.00. The monoisotopic (exact) mass is 277 g/mol. The van der Waals surface area contributed by atoms with Crippen molar-refractivity contribution < 1.29 is 14.6 Å². The smallest absolute Gasteiger partial charge is 0.0897 e. The van der Waals surface area contributed by atoms with Crippen LogP contribution in [0.3, 0.4) is 0 Å². The summed E-state index contributed by atoms with van der Waals surface area (Å²) in [6.45, 7) is 7.10. The molecule has 1 saturated carbocycles. The molecule has 1 fully saturated rings. The summed E-state index contributed by atoms with van der Waals surface area (Å²) in [7, 11) is 0. The number of ether oxygens (including phenoxy) is 2. The first-order chi connectivity index (χ1) is 8.58. The molecular formula is C13H27NO3S. The Morgan fingerprint density at radius 1 is 1.33 bits per heavy atom. The first-order valence-corrected chi connectivity index (χ1v) is 7.94. The SMILES string of the molecule is CSC1(CNCC(O)COCCOC(C)C)CC1. The van der Waals surface area contributed by atoms with Gasteiger partial charge in [-0.25, -0.2) is 0 Å². The van der Waals surface area contributed by atoms with E-state index in [4.69, 9.17) is 9.47 Å². The summed E-state index contributed by atoms with van der Waals surface area (Å²) in [5, 5.41) is 13.0. The molecular weight excluding hydrogens is 250 g/mol. The molecule has 1 unspecified atom stereocenters. The number of aliphatic hydroxyl groups is 1. The van der Waals surface area contributed by atoms with Gasteiger partial charge in [-0.2, -0.15) is 11.8 Å². The van der Waals surface area contributed by atoms with Crippen LogP contribution in [0.1, 0.15) is 26.7 Å². The number of rotatable bonds is 11. The number of hydrogen-bond acceptors (Lipinski definition) is 5. The van der Waals surface area contributed by atoms with Crippen molar-refractivity contribution in [2.75, 3.05) is 39.2 Å². The number of thioether (sulfide) groups is 1. The summed E-state index contributed by atoms with van der Waals surface area (Å²) < 4.78 is 11.1. The molecule has 0 saturated heterocycles. The maximum absolute atomic E-state index is 9.71. The fourth-order valence-electron chi connectivity index (χ4n) is 1.68. The van der Waals surface area contributed by atoms with Crippen LogP contribution in [0.5, 0.6) is 0 Å². The van der Waals surface area contributed by atoms with Crippen molar-refractivity contribution in [1.29, 1.82) is 0 Å². The molecule has 5 heteroatoms. The van der Waals surface area contributed by atoms with Crippen molar-refractivity contribution in [2.45, 2.75) is 43.6 Å². The highest BCUT2D eigenvalue weighted by Crippen LogP contribution is 2.46. The largest absolute Gasteiger partial charge is 0.389 e. The Hall–Kier alpha value is 0.190. The summed E-state index contributed by atoms with van der Waals surface area (Å²) in [5.74, 6) is 0. The Kier molecular flexibility index (Phi) is 7.56. The lowest BCUT2D eigenvalue weighted by atomic mass is 10.3. The Bertz CT molecular complexity index is 222. The molecule has 18 heavy (non-hydrogen) atoms. The lowest BCUT2D eigenvalue weighted by molar-refractivity contribution is -0.00991. The van der Waals surface area contributed by atoms with E-state index in [1.807, 2.05) is 25.6 Å². The molecule has 1 aliphatic carbocycles. The number of hydrogen-bond donors (Lipinski definition) is 2. The van der Waals surface area contributed by atoms with Crippen molar-refractivity contribution in [3.63, 3.8) is 0 Å². The molecule has 108 valence electrons. The van der Waals surface area contributed by atoms with Crippen LogP contribution in [-0.2, 0) is 9.47 Å². The van der Waals surface area contributed by atoms with Gasteiger partial charge in [0, 0.05) is 17.8 Å². The molecule has 2 N–H and O–H groups in total. The first-order valence-electron chi connectivity index (χ1n) is 6.71. The second kappa shape index (κ2) is 8.38. The maximum atomic E-state index is 9.71. The van der Waals surface area contributed by atoms with E-state index >= 15 is 0 Å². The Balaban J connectivity index is 1.89. The highest BCUT2D eigenvalue weighted by atomic mass is 32.2. The molecule has 1 aliphatic rings. The lowest BCUT2D eigenvalue weighted by Crippen LogP contribution is -2.35. The van der Waals surface area contributed by atoms with E-state index in [1.165, 1.54) is 12.8 Å². The minimum Gasteiger partial charge on any atom is -0.389 e. The fraction of sp³-hybridized carbons (Fsp3) is 1.00. The van der Waals surface area contributed by atoms with Gasteiger partial charge < -0.3 is 19.9 Å². The molecule has 1 rings (SSSR count). The average molecular weight is 277 g/mol. The summed E-state index contributed by atoms with van der Waals surface area (Å²) in [6, 6.07) is 0. The molecule has 4 nitrogen and oxygen atoms in total. The van der Waals surface area contributed by atoms with Crippen LogP contribution >= 0.6 is 11.8 Å². The van der Waals surface area contributed by atoms with Crippen molar-refractivity contribution in [2.24, 2.45) is 0 Å². The standard InChI is InChI=1S/C13H27NO3S/c1-11(2)17-7-6-16-9-12(15)8-14-10-13(18-3)4-5-13/h11-12,14-15H,4-10H2,1-3H3. The van der Waals surface area contributed by atoms with Crippen molar-refractivity contribution >= 4 is 11.8 Å². The topological polar surface area (TPSA) is 50.7 Å². The minimum atomic E-state index is -0.429. The third-order valence-electron chi connectivity index (χ3n) is 3.06. The third kappa shape index (κ3) is 6.95. The zero-order valence-electron chi connectivity index (χ0n) is 11.8. The van der Waals surface area contributed by atoms with Gasteiger partial charge in [-0.1, -0.05) is 0 Å². The van der Waals surface area contributed by atoms with Crippen LogP contribution in [0.25, 0.3) is 0 Å². The van der Waals surface area contributed by atoms with E-state index in [0.717, 1.165) is 6.54 Å². The van der Waals surface area contributed by atoms with Gasteiger partial charge in [0.1, 0.15) is 0 Å². The van der Waals surface area contributed by atoms with Gasteiger partial charge in [-0.05, 0) is 32.9 Å². The molecule has 0 spiro atoms. The van der Waals surface area contributed by atoms with E-state index in [1.54, 1.807) is 0 Å². The van der Waals surface area contributed by atoms with Crippen LogP contribution in [0.2, 0.25) is 0 Å². The second-order valence-electron chi connectivity index (χ2n) is 5.17. The molecule has 0 aromatic heterocycles. The zero-order chi connectivity index (χ0) is 13.4. The van der Waals surface area contributed by atoms with Crippen LogP contribution in [0, 0.1) is 0 Å². The van der Waals surface area contributed by atoms with E-state index < -0.39 is 6.10 Å². The summed E-state index contributed by atoms with van der Waals surface area (Å²) in [4.78, 5) is 0. The van der Waals surface area contributed by atoms with Gasteiger partial charge in [-0.3, -0.25) is 0 Å². The summed E-state index contributed by atoms with van der Waals surface area (Å²) in [6.07, 6.45) is 4.55. The molecule has 0 bridgehead atoms. The van der Waals surface area contributed by atoms with Crippen LogP contribution in [0.15, 0.2) is 0 Å². The van der Waals surface area contributed by atoms with Gasteiger partial charge in [0.2, 0.25) is 0 Å². The molecule has 0 aromatic carbocycles. The highest BCUT2D eigenvalue weighted by Gasteiger charge is 2.41. The van der Waals surface area contributed by atoms with Crippen molar-refractivity contribution in [3.8, 4) is 0 Å². The van der Waals surface area contributed by atoms with E-state index in [0.29, 0.717) is 31.1 Å². The van der Waals surface area contributed by atoms with E-state index in [2.05, 4.69) is 11.6 Å². The van der Waals surface area contributed by atoms with Crippen molar-refractivity contribution in [3.05, 3.63) is 0 Å². The van der Waals surface area contributed by atoms with Gasteiger partial charge in [0.25, 0.3) is 0 Å². The van der Waals surface area contributed by atoms with Gasteiger partial charge in [0.05, 0.1) is 32.0 Å². The zero-order valence-corrected chi connectivity index (χ0v) is 12.6. The first kappa shape index (κ1) is 16.2. The Morgan fingerprint density at radius 2 is 2.06 bits per heavy atom. The third-order valence-corrected chi connectivity index (χ3v) is 4.48.